The standard InChI is InChI=1S/C13H24N2O2/c1-13(7-4-8-14-13)12(17)15-9-2-5-11(15)6-3-10-16/h11,14,16H,2-10H2,1H3. The van der Waals surface area contributed by atoms with E-state index in [2.05, 4.69) is 5.32 Å². The Balaban J connectivity index is 1.97. The van der Waals surface area contributed by atoms with Crippen LogP contribution in [-0.2, 0) is 4.79 Å². The molecule has 4 heteroatoms. The van der Waals surface area contributed by atoms with Gasteiger partial charge in [-0.15, -0.1) is 0 Å². The molecule has 2 aliphatic heterocycles. The maximum Gasteiger partial charge on any atom is 0.242 e. The lowest BCUT2D eigenvalue weighted by atomic mass is 9.97. The van der Waals surface area contributed by atoms with Gasteiger partial charge >= 0.3 is 0 Å². The van der Waals surface area contributed by atoms with E-state index in [0.717, 1.165) is 51.6 Å². The first-order chi connectivity index (χ1) is 8.17. The van der Waals surface area contributed by atoms with Gasteiger partial charge in [0.25, 0.3) is 0 Å². The molecule has 2 aliphatic rings. The molecule has 0 spiro atoms. The van der Waals surface area contributed by atoms with E-state index >= 15 is 0 Å². The van der Waals surface area contributed by atoms with E-state index in [4.69, 9.17) is 5.11 Å². The number of hydrogen-bond donors (Lipinski definition) is 2. The summed E-state index contributed by atoms with van der Waals surface area (Å²) >= 11 is 0. The van der Waals surface area contributed by atoms with E-state index < -0.39 is 0 Å². The summed E-state index contributed by atoms with van der Waals surface area (Å²) in [5.41, 5.74) is -0.332. The molecule has 0 aliphatic carbocycles. The van der Waals surface area contributed by atoms with Crippen LogP contribution in [0.5, 0.6) is 0 Å². The van der Waals surface area contributed by atoms with E-state index in [9.17, 15) is 4.79 Å². The Bertz CT molecular complexity index is 275. The van der Waals surface area contributed by atoms with Crippen molar-refractivity contribution in [3.05, 3.63) is 0 Å². The average Bonchev–Trinajstić information content (AvgIpc) is 2.95. The highest BCUT2D eigenvalue weighted by atomic mass is 16.3. The van der Waals surface area contributed by atoms with Gasteiger partial charge in [0.05, 0.1) is 5.54 Å². The molecular formula is C13H24N2O2. The van der Waals surface area contributed by atoms with Crippen molar-refractivity contribution in [2.45, 2.75) is 57.0 Å². The minimum absolute atomic E-state index is 0.230. The topological polar surface area (TPSA) is 52.6 Å². The third-order valence-corrected chi connectivity index (χ3v) is 4.17. The third kappa shape index (κ3) is 2.63. The van der Waals surface area contributed by atoms with Crippen LogP contribution in [0.15, 0.2) is 0 Å². The van der Waals surface area contributed by atoms with Crippen molar-refractivity contribution in [2.24, 2.45) is 0 Å². The Morgan fingerprint density at radius 2 is 2.35 bits per heavy atom. The van der Waals surface area contributed by atoms with Gasteiger partial charge in [-0.05, 0) is 52.0 Å². The maximum absolute atomic E-state index is 12.5. The van der Waals surface area contributed by atoms with E-state index in [-0.39, 0.29) is 18.1 Å². The monoisotopic (exact) mass is 240 g/mol. The molecule has 4 nitrogen and oxygen atoms in total. The van der Waals surface area contributed by atoms with Gasteiger partial charge in [0, 0.05) is 19.2 Å². The number of carbonyl (C=O) groups excluding carboxylic acids is 1. The molecule has 2 fully saturated rings. The second kappa shape index (κ2) is 5.36. The quantitative estimate of drug-likeness (QED) is 0.767. The fourth-order valence-electron chi connectivity index (χ4n) is 3.12. The number of nitrogens with one attached hydrogen (secondary N) is 1. The van der Waals surface area contributed by atoms with Crippen molar-refractivity contribution < 1.29 is 9.90 Å². The van der Waals surface area contributed by atoms with Crippen LogP contribution in [0.25, 0.3) is 0 Å². The summed E-state index contributed by atoms with van der Waals surface area (Å²) in [4.78, 5) is 14.6. The molecule has 98 valence electrons. The smallest absolute Gasteiger partial charge is 0.242 e. The van der Waals surface area contributed by atoms with E-state index in [0.29, 0.717) is 6.04 Å². The normalized spacial score (nSPS) is 33.3. The SMILES string of the molecule is CC1(C(=O)N2CCCC2CCCO)CCCN1. The highest BCUT2D eigenvalue weighted by Gasteiger charge is 2.42. The van der Waals surface area contributed by atoms with Gasteiger partial charge in [-0.25, -0.2) is 0 Å². The molecule has 0 aromatic carbocycles. The molecule has 1 amide bonds. The number of hydrogen-bond acceptors (Lipinski definition) is 3. The molecule has 2 saturated heterocycles. The van der Waals surface area contributed by atoms with Crippen molar-refractivity contribution in [1.82, 2.24) is 10.2 Å². The van der Waals surface area contributed by atoms with Crippen molar-refractivity contribution in [3.63, 3.8) is 0 Å². The lowest BCUT2D eigenvalue weighted by Gasteiger charge is -2.33. The Labute approximate surface area is 103 Å². The van der Waals surface area contributed by atoms with Crippen molar-refractivity contribution in [1.29, 1.82) is 0 Å². The van der Waals surface area contributed by atoms with E-state index in [1.54, 1.807) is 0 Å². The van der Waals surface area contributed by atoms with Gasteiger partial charge in [0.1, 0.15) is 0 Å². The molecule has 0 aromatic heterocycles. The molecule has 2 atom stereocenters. The third-order valence-electron chi connectivity index (χ3n) is 4.17. The summed E-state index contributed by atoms with van der Waals surface area (Å²) in [6.07, 6.45) is 6.00. The number of likely N-dealkylation sites (tertiary alicyclic amines) is 1. The van der Waals surface area contributed by atoms with Crippen LogP contribution in [0.2, 0.25) is 0 Å². The van der Waals surface area contributed by atoms with Crippen LogP contribution in [0, 0.1) is 0 Å². The van der Waals surface area contributed by atoms with Crippen molar-refractivity contribution in [3.8, 4) is 0 Å². The van der Waals surface area contributed by atoms with Gasteiger partial charge in [0.2, 0.25) is 5.91 Å². The lowest BCUT2D eigenvalue weighted by molar-refractivity contribution is -0.138. The zero-order valence-electron chi connectivity index (χ0n) is 10.7. The number of rotatable bonds is 4. The van der Waals surface area contributed by atoms with Crippen LogP contribution >= 0.6 is 0 Å². The van der Waals surface area contributed by atoms with Crippen LogP contribution in [-0.4, -0.2) is 47.2 Å². The van der Waals surface area contributed by atoms with Gasteiger partial charge in [-0.1, -0.05) is 0 Å². The summed E-state index contributed by atoms with van der Waals surface area (Å²) in [7, 11) is 0. The zero-order valence-corrected chi connectivity index (χ0v) is 10.7. The highest BCUT2D eigenvalue weighted by molar-refractivity contribution is 5.86. The number of aliphatic hydroxyl groups excluding tert-OH is 1. The Kier molecular flexibility index (Phi) is 4.05. The van der Waals surface area contributed by atoms with Crippen molar-refractivity contribution >= 4 is 5.91 Å². The molecule has 2 unspecified atom stereocenters. The highest BCUT2D eigenvalue weighted by Crippen LogP contribution is 2.28. The second-order valence-corrected chi connectivity index (χ2v) is 5.52. The fourth-order valence-corrected chi connectivity index (χ4v) is 3.12. The minimum atomic E-state index is -0.332. The maximum atomic E-state index is 12.5. The predicted octanol–water partition coefficient (Wildman–Crippen LogP) is 0.892. The predicted molar refractivity (Wildman–Crippen MR) is 66.7 cm³/mol. The molecule has 0 saturated carbocycles. The fraction of sp³-hybridized carbons (Fsp3) is 0.923. The van der Waals surface area contributed by atoms with Gasteiger partial charge in [0.15, 0.2) is 0 Å². The second-order valence-electron chi connectivity index (χ2n) is 5.52. The molecule has 0 aromatic rings. The summed E-state index contributed by atoms with van der Waals surface area (Å²) in [6, 6.07) is 0.355. The molecule has 0 radical (unpaired) electrons. The number of aliphatic hydroxyl groups is 1. The lowest BCUT2D eigenvalue weighted by Crippen LogP contribution is -2.54. The molecule has 2 heterocycles. The van der Waals surface area contributed by atoms with E-state index in [1.165, 1.54) is 0 Å². The minimum Gasteiger partial charge on any atom is -0.396 e. The molecular weight excluding hydrogens is 216 g/mol. The summed E-state index contributed by atoms with van der Waals surface area (Å²) in [6.45, 7) is 4.11. The Hall–Kier alpha value is -0.610. The van der Waals surface area contributed by atoms with Crippen LogP contribution in [0.1, 0.15) is 45.4 Å². The van der Waals surface area contributed by atoms with Crippen molar-refractivity contribution in [2.75, 3.05) is 19.7 Å². The van der Waals surface area contributed by atoms with Crippen LogP contribution in [0.3, 0.4) is 0 Å². The largest absolute Gasteiger partial charge is 0.396 e. The first-order valence-electron chi connectivity index (χ1n) is 6.84. The molecule has 2 rings (SSSR count). The summed E-state index contributed by atoms with van der Waals surface area (Å²) in [5.74, 6) is 0.274. The van der Waals surface area contributed by atoms with Crippen LogP contribution < -0.4 is 5.32 Å². The average molecular weight is 240 g/mol. The molecule has 2 N–H and O–H groups in total. The number of amides is 1. The van der Waals surface area contributed by atoms with Crippen LogP contribution in [0.4, 0.5) is 0 Å². The first kappa shape index (κ1) is 12.8. The zero-order chi connectivity index (χ0) is 12.3. The Morgan fingerprint density at radius 1 is 1.53 bits per heavy atom. The van der Waals surface area contributed by atoms with E-state index in [1.807, 2.05) is 11.8 Å². The molecule has 0 bridgehead atoms. The van der Waals surface area contributed by atoms with Gasteiger partial charge in [-0.3, -0.25) is 4.79 Å². The first-order valence-corrected chi connectivity index (χ1v) is 6.84. The van der Waals surface area contributed by atoms with Gasteiger partial charge in [-0.2, -0.15) is 0 Å². The Morgan fingerprint density at radius 3 is 3.00 bits per heavy atom. The number of nitrogens with zero attached hydrogens (tertiary/aromatic N) is 1. The molecule has 17 heavy (non-hydrogen) atoms. The summed E-state index contributed by atoms with van der Waals surface area (Å²) in [5, 5.41) is 12.2. The number of carbonyl (C=O) groups is 1. The summed E-state index contributed by atoms with van der Waals surface area (Å²) < 4.78 is 0. The van der Waals surface area contributed by atoms with Gasteiger partial charge < -0.3 is 15.3 Å².